The van der Waals surface area contributed by atoms with Gasteiger partial charge in [0.1, 0.15) is 5.82 Å². The molecule has 27 heavy (non-hydrogen) atoms. The van der Waals surface area contributed by atoms with Crippen molar-refractivity contribution in [1.82, 2.24) is 20.2 Å². The van der Waals surface area contributed by atoms with Gasteiger partial charge in [-0.2, -0.15) is 4.98 Å². The van der Waals surface area contributed by atoms with Gasteiger partial charge in [0.05, 0.1) is 5.54 Å². The van der Waals surface area contributed by atoms with E-state index in [-0.39, 0.29) is 23.9 Å². The lowest BCUT2D eigenvalue weighted by Gasteiger charge is -2.30. The van der Waals surface area contributed by atoms with E-state index in [1.54, 1.807) is 12.1 Å². The summed E-state index contributed by atoms with van der Waals surface area (Å²) in [5.41, 5.74) is -0.135. The number of amides is 1. The van der Waals surface area contributed by atoms with Gasteiger partial charge >= 0.3 is 0 Å². The number of carbonyl (C=O) groups is 1. The van der Waals surface area contributed by atoms with Gasteiger partial charge in [0.25, 0.3) is 11.8 Å². The van der Waals surface area contributed by atoms with Crippen molar-refractivity contribution in [2.24, 2.45) is 5.92 Å². The monoisotopic (exact) mass is 374 g/mol. The minimum atomic E-state index is -0.660. The standard InChI is InChI=1S/C19H23FN4O3/c1-11-8-19(2,24(3)10-11)18-22-14(15(25)17(27)23-18)16(26)21-9-12-4-6-13(20)7-5-12/h4-7,11,25H,8-10H2,1-3H3,(H,21,26)(H,22,23,27). The molecule has 3 N–H and O–H groups in total. The summed E-state index contributed by atoms with van der Waals surface area (Å²) < 4.78 is 13.0. The maximum absolute atomic E-state index is 13.0. The lowest BCUT2D eigenvalue weighted by molar-refractivity contribution is 0.0939. The third kappa shape index (κ3) is 3.71. The van der Waals surface area contributed by atoms with Gasteiger partial charge < -0.3 is 15.5 Å². The average Bonchev–Trinajstić information content (AvgIpc) is 2.89. The molecule has 2 unspecified atom stereocenters. The second kappa shape index (κ2) is 7.11. The van der Waals surface area contributed by atoms with Gasteiger partial charge in [0, 0.05) is 13.1 Å². The minimum Gasteiger partial charge on any atom is -0.501 e. The van der Waals surface area contributed by atoms with Crippen LogP contribution in [-0.4, -0.2) is 44.6 Å². The average molecular weight is 374 g/mol. The van der Waals surface area contributed by atoms with Crippen LogP contribution in [0.1, 0.15) is 42.1 Å². The van der Waals surface area contributed by atoms with E-state index in [0.717, 1.165) is 13.0 Å². The van der Waals surface area contributed by atoms with Crippen LogP contribution in [0.3, 0.4) is 0 Å². The second-order valence-corrected chi connectivity index (χ2v) is 7.34. The van der Waals surface area contributed by atoms with E-state index in [4.69, 9.17) is 0 Å². The molecule has 8 heteroatoms. The molecule has 1 aliphatic heterocycles. The van der Waals surface area contributed by atoms with Gasteiger partial charge in [-0.3, -0.25) is 9.69 Å². The molecule has 1 aromatic heterocycles. The lowest BCUT2D eigenvalue weighted by Crippen LogP contribution is -2.38. The first kappa shape index (κ1) is 19.0. The Morgan fingerprint density at radius 2 is 2.00 bits per heavy atom. The molecule has 1 aliphatic rings. The number of rotatable bonds is 4. The summed E-state index contributed by atoms with van der Waals surface area (Å²) >= 11 is 0. The number of likely N-dealkylation sites (tertiary alicyclic amines) is 1. The summed E-state index contributed by atoms with van der Waals surface area (Å²) in [4.78, 5) is 22.9. The van der Waals surface area contributed by atoms with Crippen molar-refractivity contribution in [3.8, 4) is 11.6 Å². The molecule has 144 valence electrons. The fourth-order valence-corrected chi connectivity index (χ4v) is 3.54. The molecule has 0 spiro atoms. The zero-order valence-electron chi connectivity index (χ0n) is 15.5. The van der Waals surface area contributed by atoms with E-state index in [2.05, 4.69) is 27.1 Å². The largest absolute Gasteiger partial charge is 0.501 e. The van der Waals surface area contributed by atoms with Crippen molar-refractivity contribution in [2.75, 3.05) is 13.6 Å². The highest BCUT2D eigenvalue weighted by Crippen LogP contribution is 2.40. The number of nitrogens with zero attached hydrogens (tertiary/aromatic N) is 3. The Labute approximate surface area is 156 Å². The van der Waals surface area contributed by atoms with Crippen LogP contribution in [0, 0.1) is 11.7 Å². The first-order chi connectivity index (χ1) is 12.7. The molecule has 1 fully saturated rings. The molecule has 1 aromatic carbocycles. The van der Waals surface area contributed by atoms with Crippen LogP contribution in [0.15, 0.2) is 24.3 Å². The Hall–Kier alpha value is -2.74. The molecular formula is C19H23FN4O3. The summed E-state index contributed by atoms with van der Waals surface area (Å²) in [7, 11) is 1.94. The van der Waals surface area contributed by atoms with Crippen LogP contribution in [-0.2, 0) is 12.1 Å². The normalized spacial score (nSPS) is 22.7. The maximum Gasteiger partial charge on any atom is 0.274 e. The first-order valence-electron chi connectivity index (χ1n) is 8.75. The van der Waals surface area contributed by atoms with Gasteiger partial charge in [0.15, 0.2) is 11.5 Å². The van der Waals surface area contributed by atoms with Crippen LogP contribution in [0.2, 0.25) is 0 Å². The molecule has 2 atom stereocenters. The van der Waals surface area contributed by atoms with E-state index in [9.17, 15) is 19.4 Å². The predicted octanol–water partition coefficient (Wildman–Crippen LogP) is 2.14. The summed E-state index contributed by atoms with van der Waals surface area (Å²) in [6.45, 7) is 5.03. The van der Waals surface area contributed by atoms with Gasteiger partial charge in [-0.25, -0.2) is 9.37 Å². The number of nitrogens with one attached hydrogen (secondary N) is 1. The molecule has 0 aliphatic carbocycles. The number of aromatic hydroxyl groups is 2. The van der Waals surface area contributed by atoms with E-state index in [1.807, 2.05) is 14.0 Å². The number of halogens is 1. The molecule has 0 radical (unpaired) electrons. The number of benzene rings is 1. The highest BCUT2D eigenvalue weighted by Gasteiger charge is 2.42. The molecule has 0 bridgehead atoms. The van der Waals surface area contributed by atoms with E-state index >= 15 is 0 Å². The molecular weight excluding hydrogens is 351 g/mol. The van der Waals surface area contributed by atoms with Gasteiger partial charge in [-0.1, -0.05) is 19.1 Å². The molecule has 3 rings (SSSR count). The van der Waals surface area contributed by atoms with Crippen molar-refractivity contribution in [3.63, 3.8) is 0 Å². The van der Waals surface area contributed by atoms with Crippen LogP contribution in [0.5, 0.6) is 11.6 Å². The zero-order valence-corrected chi connectivity index (χ0v) is 15.5. The lowest BCUT2D eigenvalue weighted by atomic mass is 9.94. The van der Waals surface area contributed by atoms with E-state index in [0.29, 0.717) is 11.5 Å². The van der Waals surface area contributed by atoms with Crippen LogP contribution < -0.4 is 5.32 Å². The Morgan fingerprint density at radius 1 is 1.33 bits per heavy atom. The van der Waals surface area contributed by atoms with Crippen molar-refractivity contribution < 1.29 is 19.4 Å². The zero-order chi connectivity index (χ0) is 19.8. The first-order valence-corrected chi connectivity index (χ1v) is 8.75. The van der Waals surface area contributed by atoms with E-state index in [1.165, 1.54) is 12.1 Å². The molecule has 7 nitrogen and oxygen atoms in total. The summed E-state index contributed by atoms with van der Waals surface area (Å²) in [6.07, 6.45) is 0.768. The summed E-state index contributed by atoms with van der Waals surface area (Å²) in [5.74, 6) is -1.59. The third-order valence-corrected chi connectivity index (χ3v) is 5.10. The molecule has 0 saturated carbocycles. The number of carbonyl (C=O) groups excluding carboxylic acids is 1. The SMILES string of the molecule is CC1CN(C)C(C)(c2nc(O)c(O)c(C(=O)NCc3ccc(F)cc3)n2)C1. The number of aromatic nitrogens is 2. The van der Waals surface area contributed by atoms with Gasteiger partial charge in [0.2, 0.25) is 5.75 Å². The fourth-order valence-electron chi connectivity index (χ4n) is 3.54. The molecule has 2 aromatic rings. The van der Waals surface area contributed by atoms with Crippen molar-refractivity contribution >= 4 is 5.91 Å². The Morgan fingerprint density at radius 3 is 2.59 bits per heavy atom. The maximum atomic E-state index is 13.0. The Balaban J connectivity index is 1.85. The molecule has 1 amide bonds. The Kier molecular flexibility index (Phi) is 5.01. The predicted molar refractivity (Wildman–Crippen MR) is 96.7 cm³/mol. The quantitative estimate of drug-likeness (QED) is 0.758. The number of hydrogen-bond acceptors (Lipinski definition) is 6. The highest BCUT2D eigenvalue weighted by atomic mass is 19.1. The van der Waals surface area contributed by atoms with Gasteiger partial charge in [-0.05, 0) is 44.0 Å². The van der Waals surface area contributed by atoms with Crippen LogP contribution in [0.25, 0.3) is 0 Å². The topological polar surface area (TPSA) is 98.6 Å². The van der Waals surface area contributed by atoms with E-state index < -0.39 is 23.1 Å². The molecule has 1 saturated heterocycles. The Bertz CT molecular complexity index is 859. The summed E-state index contributed by atoms with van der Waals surface area (Å²) in [6, 6.07) is 5.69. The number of hydrogen-bond donors (Lipinski definition) is 3. The van der Waals surface area contributed by atoms with Crippen LogP contribution in [0.4, 0.5) is 4.39 Å². The second-order valence-electron chi connectivity index (χ2n) is 7.34. The van der Waals surface area contributed by atoms with Crippen molar-refractivity contribution in [3.05, 3.63) is 47.2 Å². The van der Waals surface area contributed by atoms with Crippen molar-refractivity contribution in [1.29, 1.82) is 0 Å². The fraction of sp³-hybridized carbons (Fsp3) is 0.421. The van der Waals surface area contributed by atoms with Gasteiger partial charge in [-0.15, -0.1) is 0 Å². The minimum absolute atomic E-state index is 0.132. The third-order valence-electron chi connectivity index (χ3n) is 5.10. The highest BCUT2D eigenvalue weighted by molar-refractivity contribution is 5.95. The van der Waals surface area contributed by atoms with Crippen molar-refractivity contribution in [2.45, 2.75) is 32.4 Å². The van der Waals surface area contributed by atoms with Crippen LogP contribution >= 0.6 is 0 Å². The summed E-state index contributed by atoms with van der Waals surface area (Å²) in [5, 5.41) is 22.7. The smallest absolute Gasteiger partial charge is 0.274 e. The molecule has 2 heterocycles.